The summed E-state index contributed by atoms with van der Waals surface area (Å²) in [7, 11) is 1.29. The van der Waals surface area contributed by atoms with Crippen LogP contribution in [-0.4, -0.2) is 33.9 Å². The fraction of sp³-hybridized carbons (Fsp3) is 0.267. The van der Waals surface area contributed by atoms with Gasteiger partial charge in [0.15, 0.2) is 0 Å². The number of carbonyl (C=O) groups is 2. The molecule has 0 saturated carbocycles. The van der Waals surface area contributed by atoms with E-state index in [1.165, 1.54) is 37.7 Å². The molecule has 1 amide bonds. The first kappa shape index (κ1) is 15.6. The topological polar surface area (TPSA) is 94.1 Å². The molecule has 2 heterocycles. The third-order valence-electron chi connectivity index (χ3n) is 2.85. The molecule has 0 bridgehead atoms. The van der Waals surface area contributed by atoms with Gasteiger partial charge in [-0.25, -0.2) is 19.7 Å². The largest absolute Gasteiger partial charge is 0.465 e. The minimum atomic E-state index is -0.498. The van der Waals surface area contributed by atoms with E-state index >= 15 is 0 Å². The number of hydrogen-bond acceptors (Lipinski definition) is 6. The lowest BCUT2D eigenvalue weighted by Crippen LogP contribution is -2.16. The molecule has 7 heteroatoms. The SMILES string of the molecule is COC(=O)c1ccnc(NC(=O)c2ccnc(C(C)C)n2)c1. The minimum absolute atomic E-state index is 0.119. The van der Waals surface area contributed by atoms with Gasteiger partial charge in [-0.05, 0) is 18.2 Å². The van der Waals surface area contributed by atoms with Crippen molar-refractivity contribution in [3.63, 3.8) is 0 Å². The Morgan fingerprint density at radius 1 is 1.18 bits per heavy atom. The van der Waals surface area contributed by atoms with Crippen molar-refractivity contribution in [2.45, 2.75) is 19.8 Å². The number of aromatic nitrogens is 3. The first-order chi connectivity index (χ1) is 10.5. The number of nitrogens with zero attached hydrogens (tertiary/aromatic N) is 3. The number of hydrogen-bond donors (Lipinski definition) is 1. The van der Waals surface area contributed by atoms with E-state index in [-0.39, 0.29) is 17.4 Å². The Morgan fingerprint density at radius 2 is 1.91 bits per heavy atom. The number of carbonyl (C=O) groups excluding carboxylic acids is 2. The normalized spacial score (nSPS) is 10.4. The average molecular weight is 300 g/mol. The average Bonchev–Trinajstić information content (AvgIpc) is 2.54. The van der Waals surface area contributed by atoms with E-state index in [2.05, 4.69) is 25.0 Å². The molecule has 7 nitrogen and oxygen atoms in total. The van der Waals surface area contributed by atoms with E-state index in [0.717, 1.165) is 0 Å². The quantitative estimate of drug-likeness (QED) is 0.868. The van der Waals surface area contributed by atoms with Crippen LogP contribution < -0.4 is 5.32 Å². The summed E-state index contributed by atoms with van der Waals surface area (Å²) in [5.41, 5.74) is 0.544. The fourth-order valence-corrected chi connectivity index (χ4v) is 1.70. The van der Waals surface area contributed by atoms with Crippen LogP contribution in [0.1, 0.15) is 46.4 Å². The summed E-state index contributed by atoms with van der Waals surface area (Å²) < 4.78 is 4.62. The maximum absolute atomic E-state index is 12.2. The molecule has 0 unspecified atom stereocenters. The number of pyridine rings is 1. The predicted octanol–water partition coefficient (Wildman–Crippen LogP) is 2.03. The highest BCUT2D eigenvalue weighted by atomic mass is 16.5. The zero-order valence-electron chi connectivity index (χ0n) is 12.5. The smallest absolute Gasteiger partial charge is 0.338 e. The third-order valence-corrected chi connectivity index (χ3v) is 2.85. The van der Waals surface area contributed by atoms with Crippen LogP contribution in [-0.2, 0) is 4.74 Å². The molecule has 0 aromatic carbocycles. The highest BCUT2D eigenvalue weighted by Crippen LogP contribution is 2.11. The van der Waals surface area contributed by atoms with Gasteiger partial charge in [-0.3, -0.25) is 4.79 Å². The van der Waals surface area contributed by atoms with Crippen LogP contribution in [0.25, 0.3) is 0 Å². The van der Waals surface area contributed by atoms with Crippen molar-refractivity contribution in [3.8, 4) is 0 Å². The number of methoxy groups -OCH3 is 1. The van der Waals surface area contributed by atoms with E-state index in [1.807, 2.05) is 13.8 Å². The number of anilines is 1. The van der Waals surface area contributed by atoms with Crippen molar-refractivity contribution in [2.75, 3.05) is 12.4 Å². The van der Waals surface area contributed by atoms with Crippen molar-refractivity contribution >= 4 is 17.7 Å². The molecule has 0 fully saturated rings. The standard InChI is InChI=1S/C15H16N4O3/c1-9(2)13-17-7-5-11(18-13)14(20)19-12-8-10(4-6-16-12)15(21)22-3/h4-9H,1-3H3,(H,16,19,20). The Hall–Kier alpha value is -2.83. The third kappa shape index (κ3) is 3.63. The molecule has 2 aromatic rings. The van der Waals surface area contributed by atoms with E-state index in [9.17, 15) is 9.59 Å². The zero-order chi connectivity index (χ0) is 16.1. The van der Waals surface area contributed by atoms with Crippen LogP contribution in [0.4, 0.5) is 5.82 Å². The molecule has 0 atom stereocenters. The summed E-state index contributed by atoms with van der Waals surface area (Å²) in [6.07, 6.45) is 2.96. The lowest BCUT2D eigenvalue weighted by molar-refractivity contribution is 0.0600. The van der Waals surface area contributed by atoms with E-state index in [0.29, 0.717) is 11.4 Å². The second-order valence-electron chi connectivity index (χ2n) is 4.83. The minimum Gasteiger partial charge on any atom is -0.465 e. The van der Waals surface area contributed by atoms with Crippen LogP contribution in [0, 0.1) is 0 Å². The van der Waals surface area contributed by atoms with Gasteiger partial charge in [0.2, 0.25) is 0 Å². The van der Waals surface area contributed by atoms with Crippen LogP contribution >= 0.6 is 0 Å². The summed E-state index contributed by atoms with van der Waals surface area (Å²) >= 11 is 0. The van der Waals surface area contributed by atoms with Gasteiger partial charge in [0.25, 0.3) is 5.91 Å². The maximum Gasteiger partial charge on any atom is 0.338 e. The lowest BCUT2D eigenvalue weighted by Gasteiger charge is -2.07. The molecule has 0 spiro atoms. The molecular weight excluding hydrogens is 284 g/mol. The van der Waals surface area contributed by atoms with Gasteiger partial charge < -0.3 is 10.1 Å². The molecule has 22 heavy (non-hydrogen) atoms. The molecule has 1 N–H and O–H groups in total. The molecule has 0 aliphatic rings. The summed E-state index contributed by atoms with van der Waals surface area (Å²) in [4.78, 5) is 35.9. The van der Waals surface area contributed by atoms with Gasteiger partial charge in [-0.2, -0.15) is 0 Å². The first-order valence-corrected chi connectivity index (χ1v) is 6.70. The second kappa shape index (κ2) is 6.75. The molecule has 2 aromatic heterocycles. The van der Waals surface area contributed by atoms with Gasteiger partial charge in [0.1, 0.15) is 17.3 Å². The predicted molar refractivity (Wildman–Crippen MR) is 79.7 cm³/mol. The maximum atomic E-state index is 12.2. The molecule has 0 aliphatic heterocycles. The molecule has 0 saturated heterocycles. The van der Waals surface area contributed by atoms with Crippen LogP contribution in [0.3, 0.4) is 0 Å². The summed E-state index contributed by atoms with van der Waals surface area (Å²) in [5, 5.41) is 2.60. The highest BCUT2D eigenvalue weighted by molar-refractivity contribution is 6.02. The molecule has 0 radical (unpaired) electrons. The number of ether oxygens (including phenoxy) is 1. The second-order valence-corrected chi connectivity index (χ2v) is 4.83. The fourth-order valence-electron chi connectivity index (χ4n) is 1.70. The number of nitrogens with one attached hydrogen (secondary N) is 1. The van der Waals surface area contributed by atoms with Gasteiger partial charge in [-0.1, -0.05) is 13.8 Å². The van der Waals surface area contributed by atoms with E-state index in [1.54, 1.807) is 0 Å². The molecule has 114 valence electrons. The monoisotopic (exact) mass is 300 g/mol. The van der Waals surface area contributed by atoms with Gasteiger partial charge >= 0.3 is 5.97 Å². The Labute approximate surface area is 127 Å². The van der Waals surface area contributed by atoms with Crippen molar-refractivity contribution in [3.05, 3.63) is 47.7 Å². The van der Waals surface area contributed by atoms with Crippen molar-refractivity contribution in [1.82, 2.24) is 15.0 Å². The zero-order valence-corrected chi connectivity index (χ0v) is 12.5. The Balaban J connectivity index is 2.18. The van der Waals surface area contributed by atoms with E-state index in [4.69, 9.17) is 0 Å². The molecular formula is C15H16N4O3. The highest BCUT2D eigenvalue weighted by Gasteiger charge is 2.13. The van der Waals surface area contributed by atoms with Crippen LogP contribution in [0.15, 0.2) is 30.6 Å². The van der Waals surface area contributed by atoms with E-state index < -0.39 is 11.9 Å². The Morgan fingerprint density at radius 3 is 2.59 bits per heavy atom. The summed E-state index contributed by atoms with van der Waals surface area (Å²) in [6.45, 7) is 3.89. The van der Waals surface area contributed by atoms with Crippen molar-refractivity contribution in [1.29, 1.82) is 0 Å². The Kier molecular flexibility index (Phi) is 4.77. The summed E-state index contributed by atoms with van der Waals surface area (Å²) in [6, 6.07) is 4.46. The molecule has 0 aliphatic carbocycles. The van der Waals surface area contributed by atoms with Crippen molar-refractivity contribution in [2.24, 2.45) is 0 Å². The number of amides is 1. The van der Waals surface area contributed by atoms with Crippen molar-refractivity contribution < 1.29 is 14.3 Å². The van der Waals surface area contributed by atoms with Crippen LogP contribution in [0.2, 0.25) is 0 Å². The lowest BCUT2D eigenvalue weighted by atomic mass is 10.2. The molecule has 2 rings (SSSR count). The van der Waals surface area contributed by atoms with Gasteiger partial charge in [-0.15, -0.1) is 0 Å². The Bertz CT molecular complexity index is 701. The number of esters is 1. The first-order valence-electron chi connectivity index (χ1n) is 6.70. The number of rotatable bonds is 4. The van der Waals surface area contributed by atoms with Gasteiger partial charge in [0, 0.05) is 18.3 Å². The van der Waals surface area contributed by atoms with Crippen LogP contribution in [0.5, 0.6) is 0 Å². The van der Waals surface area contributed by atoms with Gasteiger partial charge in [0.05, 0.1) is 12.7 Å². The summed E-state index contributed by atoms with van der Waals surface area (Å²) in [5.74, 6) is 0.0379.